The maximum absolute atomic E-state index is 12.0. The molecule has 4 nitrogen and oxygen atoms in total. The average Bonchev–Trinajstić information content (AvgIpc) is 2.49. The van der Waals surface area contributed by atoms with Crippen LogP contribution in [0, 0.1) is 0 Å². The normalized spacial score (nSPS) is 11.8. The zero-order valence-electron chi connectivity index (χ0n) is 12.6. The van der Waals surface area contributed by atoms with E-state index in [4.69, 9.17) is 4.74 Å². The predicted octanol–water partition coefficient (Wildman–Crippen LogP) is 2.21. The molecule has 4 heteroatoms. The van der Waals surface area contributed by atoms with Crippen LogP contribution in [0.15, 0.2) is 36.9 Å². The number of ether oxygens (including phenoxy) is 1. The quantitative estimate of drug-likeness (QED) is 0.740. The molecule has 0 aliphatic carbocycles. The first kappa shape index (κ1) is 16.2. The standard InChI is InChI=1S/C16H24N2O2/c1-5-11-20-15-10-8-7-9-14(15)12-17-13(3)16(19)18(4)6-2/h5,7-10,13,17H,1,6,11-12H2,2-4H3. The molecule has 1 aromatic rings. The lowest BCUT2D eigenvalue weighted by Gasteiger charge is -2.21. The lowest BCUT2D eigenvalue weighted by molar-refractivity contribution is -0.131. The van der Waals surface area contributed by atoms with E-state index in [-0.39, 0.29) is 11.9 Å². The van der Waals surface area contributed by atoms with Crippen LogP contribution in [0.3, 0.4) is 0 Å². The van der Waals surface area contributed by atoms with Crippen molar-refractivity contribution in [2.75, 3.05) is 20.2 Å². The van der Waals surface area contributed by atoms with Crippen molar-refractivity contribution in [3.05, 3.63) is 42.5 Å². The van der Waals surface area contributed by atoms with E-state index >= 15 is 0 Å². The number of amides is 1. The van der Waals surface area contributed by atoms with Gasteiger partial charge in [0.15, 0.2) is 0 Å². The van der Waals surface area contributed by atoms with Gasteiger partial charge in [-0.1, -0.05) is 30.9 Å². The Bertz CT molecular complexity index is 446. The zero-order valence-corrected chi connectivity index (χ0v) is 12.6. The molecule has 0 heterocycles. The van der Waals surface area contributed by atoms with Crippen molar-refractivity contribution >= 4 is 5.91 Å². The second-order valence-electron chi connectivity index (χ2n) is 4.66. The van der Waals surface area contributed by atoms with Gasteiger partial charge in [-0.15, -0.1) is 0 Å². The molecular weight excluding hydrogens is 252 g/mol. The van der Waals surface area contributed by atoms with Crippen LogP contribution in [0.2, 0.25) is 0 Å². The van der Waals surface area contributed by atoms with Crippen LogP contribution in [0.5, 0.6) is 5.75 Å². The van der Waals surface area contributed by atoms with E-state index in [0.717, 1.165) is 11.3 Å². The molecule has 0 spiro atoms. The summed E-state index contributed by atoms with van der Waals surface area (Å²) in [6.07, 6.45) is 1.71. The van der Waals surface area contributed by atoms with Crippen LogP contribution < -0.4 is 10.1 Å². The van der Waals surface area contributed by atoms with Crippen molar-refractivity contribution in [3.8, 4) is 5.75 Å². The smallest absolute Gasteiger partial charge is 0.239 e. The topological polar surface area (TPSA) is 41.6 Å². The SMILES string of the molecule is C=CCOc1ccccc1CNC(C)C(=O)N(C)CC. The number of likely N-dealkylation sites (N-methyl/N-ethyl adjacent to an activating group) is 1. The van der Waals surface area contributed by atoms with Crippen LogP contribution in [-0.2, 0) is 11.3 Å². The number of nitrogens with zero attached hydrogens (tertiary/aromatic N) is 1. The van der Waals surface area contributed by atoms with Gasteiger partial charge in [-0.3, -0.25) is 4.79 Å². The minimum Gasteiger partial charge on any atom is -0.489 e. The second-order valence-corrected chi connectivity index (χ2v) is 4.66. The molecule has 0 aliphatic heterocycles. The molecule has 0 saturated heterocycles. The summed E-state index contributed by atoms with van der Waals surface area (Å²) < 4.78 is 5.59. The van der Waals surface area contributed by atoms with Crippen LogP contribution in [0.1, 0.15) is 19.4 Å². The first-order valence-electron chi connectivity index (χ1n) is 6.90. The lowest BCUT2D eigenvalue weighted by Crippen LogP contribution is -2.42. The zero-order chi connectivity index (χ0) is 15.0. The fourth-order valence-electron chi connectivity index (χ4n) is 1.78. The minimum absolute atomic E-state index is 0.0944. The molecule has 110 valence electrons. The third-order valence-corrected chi connectivity index (χ3v) is 3.15. The Morgan fingerprint density at radius 2 is 2.20 bits per heavy atom. The Balaban J connectivity index is 2.60. The highest BCUT2D eigenvalue weighted by atomic mass is 16.5. The van der Waals surface area contributed by atoms with Gasteiger partial charge in [-0.2, -0.15) is 0 Å². The highest BCUT2D eigenvalue weighted by molar-refractivity contribution is 5.81. The van der Waals surface area contributed by atoms with Crippen molar-refractivity contribution in [1.82, 2.24) is 10.2 Å². The largest absolute Gasteiger partial charge is 0.489 e. The van der Waals surface area contributed by atoms with Gasteiger partial charge in [0.05, 0.1) is 6.04 Å². The number of nitrogens with one attached hydrogen (secondary N) is 1. The van der Waals surface area contributed by atoms with Gasteiger partial charge in [0, 0.05) is 25.7 Å². The Morgan fingerprint density at radius 3 is 2.85 bits per heavy atom. The summed E-state index contributed by atoms with van der Waals surface area (Å²) in [4.78, 5) is 13.7. The van der Waals surface area contributed by atoms with Gasteiger partial charge in [-0.05, 0) is 19.9 Å². The van der Waals surface area contributed by atoms with Gasteiger partial charge in [0.25, 0.3) is 0 Å². The minimum atomic E-state index is -0.215. The number of para-hydroxylation sites is 1. The number of carbonyl (C=O) groups excluding carboxylic acids is 1. The molecule has 0 aliphatic rings. The van der Waals surface area contributed by atoms with E-state index < -0.39 is 0 Å². The number of hydrogen-bond donors (Lipinski definition) is 1. The molecule has 0 bridgehead atoms. The fourth-order valence-corrected chi connectivity index (χ4v) is 1.78. The molecule has 0 fully saturated rings. The number of hydrogen-bond acceptors (Lipinski definition) is 3. The third-order valence-electron chi connectivity index (χ3n) is 3.15. The number of benzene rings is 1. The first-order chi connectivity index (χ1) is 9.60. The maximum Gasteiger partial charge on any atom is 0.239 e. The predicted molar refractivity (Wildman–Crippen MR) is 81.7 cm³/mol. The maximum atomic E-state index is 12.0. The van der Waals surface area contributed by atoms with Crippen molar-refractivity contribution in [2.24, 2.45) is 0 Å². The summed E-state index contributed by atoms with van der Waals surface area (Å²) in [5, 5.41) is 3.23. The van der Waals surface area contributed by atoms with E-state index in [9.17, 15) is 4.79 Å². The molecule has 1 aromatic carbocycles. The first-order valence-corrected chi connectivity index (χ1v) is 6.90. The third kappa shape index (κ3) is 4.70. The lowest BCUT2D eigenvalue weighted by atomic mass is 10.2. The summed E-state index contributed by atoms with van der Waals surface area (Å²) in [6.45, 7) is 9.26. The molecule has 1 atom stereocenters. The van der Waals surface area contributed by atoms with Crippen molar-refractivity contribution in [1.29, 1.82) is 0 Å². The molecule has 20 heavy (non-hydrogen) atoms. The van der Waals surface area contributed by atoms with Gasteiger partial charge >= 0.3 is 0 Å². The average molecular weight is 276 g/mol. The molecule has 0 saturated carbocycles. The van der Waals surface area contributed by atoms with E-state index in [1.54, 1.807) is 11.0 Å². The van der Waals surface area contributed by atoms with Crippen molar-refractivity contribution in [2.45, 2.75) is 26.4 Å². The summed E-state index contributed by atoms with van der Waals surface area (Å²) in [5.41, 5.74) is 1.04. The number of rotatable bonds is 8. The van der Waals surface area contributed by atoms with E-state index in [1.165, 1.54) is 0 Å². The molecule has 1 N–H and O–H groups in total. The highest BCUT2D eigenvalue weighted by Gasteiger charge is 2.16. The monoisotopic (exact) mass is 276 g/mol. The Morgan fingerprint density at radius 1 is 1.50 bits per heavy atom. The fraction of sp³-hybridized carbons (Fsp3) is 0.438. The summed E-state index contributed by atoms with van der Waals surface area (Å²) in [6, 6.07) is 7.59. The van der Waals surface area contributed by atoms with Gasteiger partial charge < -0.3 is 15.0 Å². The second kappa shape index (κ2) is 8.38. The van der Waals surface area contributed by atoms with Gasteiger partial charge in [-0.25, -0.2) is 0 Å². The van der Waals surface area contributed by atoms with Crippen LogP contribution in [-0.4, -0.2) is 37.0 Å². The molecule has 1 amide bonds. The Kier molecular flexibility index (Phi) is 6.81. The van der Waals surface area contributed by atoms with Crippen LogP contribution >= 0.6 is 0 Å². The van der Waals surface area contributed by atoms with Gasteiger partial charge in [0.2, 0.25) is 5.91 Å². The highest BCUT2D eigenvalue weighted by Crippen LogP contribution is 2.17. The molecule has 1 unspecified atom stereocenters. The van der Waals surface area contributed by atoms with Crippen LogP contribution in [0.25, 0.3) is 0 Å². The summed E-state index contributed by atoms with van der Waals surface area (Å²) >= 11 is 0. The molecule has 1 rings (SSSR count). The molecular formula is C16H24N2O2. The molecule has 0 radical (unpaired) electrons. The van der Waals surface area contributed by atoms with E-state index in [1.807, 2.05) is 45.2 Å². The van der Waals surface area contributed by atoms with E-state index in [0.29, 0.717) is 19.7 Å². The summed E-state index contributed by atoms with van der Waals surface area (Å²) in [7, 11) is 1.81. The Hall–Kier alpha value is -1.81. The van der Waals surface area contributed by atoms with Gasteiger partial charge in [0.1, 0.15) is 12.4 Å². The number of carbonyl (C=O) groups is 1. The Labute approximate surface area is 121 Å². The van der Waals surface area contributed by atoms with Crippen LogP contribution in [0.4, 0.5) is 0 Å². The van der Waals surface area contributed by atoms with Crippen molar-refractivity contribution < 1.29 is 9.53 Å². The summed E-state index contributed by atoms with van der Waals surface area (Å²) in [5.74, 6) is 0.917. The van der Waals surface area contributed by atoms with Crippen molar-refractivity contribution in [3.63, 3.8) is 0 Å². The molecule has 0 aromatic heterocycles. The van der Waals surface area contributed by atoms with E-state index in [2.05, 4.69) is 11.9 Å².